The first-order chi connectivity index (χ1) is 14.6. The predicted octanol–water partition coefficient (Wildman–Crippen LogP) is 4.09. The third kappa shape index (κ3) is 4.14. The number of carbonyl (C=O) groups excluding carboxylic acids is 2. The summed E-state index contributed by atoms with van der Waals surface area (Å²) in [6, 6.07) is 5.32. The monoisotopic (exact) mass is 444 g/mol. The molecule has 158 valence electrons. The van der Waals surface area contributed by atoms with Crippen molar-refractivity contribution in [2.75, 3.05) is 25.5 Å². The number of rotatable bonds is 6. The van der Waals surface area contributed by atoms with Gasteiger partial charge in [-0.3, -0.25) is 10.2 Å². The van der Waals surface area contributed by atoms with E-state index in [-0.39, 0.29) is 6.03 Å². The van der Waals surface area contributed by atoms with Gasteiger partial charge in [-0.05, 0) is 42.1 Å². The van der Waals surface area contributed by atoms with Crippen LogP contribution in [0.1, 0.15) is 33.3 Å². The average Bonchev–Trinajstić information content (AvgIpc) is 3.50. The molecular weight excluding hydrogens is 420 g/mol. The van der Waals surface area contributed by atoms with Gasteiger partial charge in [0, 0.05) is 42.5 Å². The fourth-order valence-corrected chi connectivity index (χ4v) is 5.78. The minimum absolute atomic E-state index is 0.341. The van der Waals surface area contributed by atoms with Crippen molar-refractivity contribution in [3.63, 3.8) is 0 Å². The van der Waals surface area contributed by atoms with Crippen LogP contribution < -0.4 is 10.6 Å². The van der Waals surface area contributed by atoms with Gasteiger partial charge >= 0.3 is 12.0 Å². The number of nitrogens with zero attached hydrogens (tertiary/aromatic N) is 2. The van der Waals surface area contributed by atoms with Crippen LogP contribution >= 0.6 is 22.7 Å². The lowest BCUT2D eigenvalue weighted by molar-refractivity contribution is 0.0602. The molecule has 3 aromatic heterocycles. The van der Waals surface area contributed by atoms with Gasteiger partial charge < -0.3 is 14.6 Å². The molecule has 3 aromatic rings. The molecule has 4 heterocycles. The standard InChI is InChI=1S/C21H24N4O3S2/c1-3-24-10-6-14-16(19(30-17(14)13-24)25-8-4-5-9-25)12-22-21(27)23-18-15(7-11-29-18)20(26)28-2/h4-5,7-9,11H,3,6,10,12-13H2,1-2H3,(H2,22,23,27). The lowest BCUT2D eigenvalue weighted by atomic mass is 10.0. The lowest BCUT2D eigenvalue weighted by Gasteiger charge is -2.25. The number of amides is 2. The van der Waals surface area contributed by atoms with Gasteiger partial charge in [0.1, 0.15) is 10.0 Å². The van der Waals surface area contributed by atoms with Crippen molar-refractivity contribution < 1.29 is 14.3 Å². The van der Waals surface area contributed by atoms with E-state index < -0.39 is 5.97 Å². The molecule has 2 amide bonds. The summed E-state index contributed by atoms with van der Waals surface area (Å²) in [5.74, 6) is -0.464. The average molecular weight is 445 g/mol. The van der Waals surface area contributed by atoms with Crippen LogP contribution in [0, 0.1) is 0 Å². The molecule has 0 unspecified atom stereocenters. The number of likely N-dealkylation sites (N-methyl/N-ethyl adjacent to an activating group) is 1. The number of thiophene rings is 2. The summed E-state index contributed by atoms with van der Waals surface area (Å²) in [4.78, 5) is 28.2. The molecule has 2 N–H and O–H groups in total. The van der Waals surface area contributed by atoms with E-state index in [4.69, 9.17) is 4.74 Å². The highest BCUT2D eigenvalue weighted by atomic mass is 32.1. The minimum atomic E-state index is -0.464. The number of ether oxygens (including phenoxy) is 1. The van der Waals surface area contributed by atoms with Crippen molar-refractivity contribution in [2.45, 2.75) is 26.4 Å². The summed E-state index contributed by atoms with van der Waals surface area (Å²) in [7, 11) is 1.33. The Hall–Kier alpha value is -2.62. The SMILES string of the molecule is CCN1CCc2c(sc(-n3cccc3)c2CNC(=O)Nc2sccc2C(=O)OC)C1. The number of esters is 1. The second-order valence-corrected chi connectivity index (χ2v) is 8.96. The Morgan fingerprint density at radius 1 is 1.27 bits per heavy atom. The fraction of sp³-hybridized carbons (Fsp3) is 0.333. The molecule has 0 fully saturated rings. The Balaban J connectivity index is 1.52. The third-order valence-electron chi connectivity index (χ3n) is 5.23. The van der Waals surface area contributed by atoms with Gasteiger partial charge in [0.05, 0.1) is 12.7 Å². The normalized spacial score (nSPS) is 13.7. The number of aromatic nitrogens is 1. The van der Waals surface area contributed by atoms with Gasteiger partial charge in [-0.2, -0.15) is 0 Å². The van der Waals surface area contributed by atoms with Gasteiger partial charge in [0.2, 0.25) is 0 Å². The summed E-state index contributed by atoms with van der Waals surface area (Å²) >= 11 is 3.09. The van der Waals surface area contributed by atoms with Gasteiger partial charge in [-0.25, -0.2) is 9.59 Å². The van der Waals surface area contributed by atoms with Crippen molar-refractivity contribution in [2.24, 2.45) is 0 Å². The molecule has 0 atom stereocenters. The second kappa shape index (κ2) is 9.03. The first-order valence-electron chi connectivity index (χ1n) is 9.80. The lowest BCUT2D eigenvalue weighted by Crippen LogP contribution is -2.31. The van der Waals surface area contributed by atoms with E-state index in [1.165, 1.54) is 28.9 Å². The summed E-state index contributed by atoms with van der Waals surface area (Å²) in [5, 5.41) is 9.12. The molecule has 0 spiro atoms. The zero-order valence-corrected chi connectivity index (χ0v) is 18.6. The van der Waals surface area contributed by atoms with E-state index in [2.05, 4.69) is 27.0 Å². The fourth-order valence-electron chi connectivity index (χ4n) is 3.63. The second-order valence-electron chi connectivity index (χ2n) is 6.96. The van der Waals surface area contributed by atoms with E-state index in [0.29, 0.717) is 17.1 Å². The molecule has 1 aliphatic heterocycles. The van der Waals surface area contributed by atoms with E-state index in [0.717, 1.165) is 36.6 Å². The van der Waals surface area contributed by atoms with Crippen molar-refractivity contribution in [1.29, 1.82) is 0 Å². The van der Waals surface area contributed by atoms with Crippen LogP contribution in [0.5, 0.6) is 0 Å². The van der Waals surface area contributed by atoms with Crippen LogP contribution in [0.25, 0.3) is 5.00 Å². The van der Waals surface area contributed by atoms with Gasteiger partial charge in [-0.1, -0.05) is 6.92 Å². The van der Waals surface area contributed by atoms with Crippen LogP contribution in [0.3, 0.4) is 0 Å². The molecule has 0 aliphatic carbocycles. The number of nitrogens with one attached hydrogen (secondary N) is 2. The molecule has 0 saturated heterocycles. The maximum Gasteiger partial charge on any atom is 0.340 e. The molecule has 0 radical (unpaired) electrons. The highest BCUT2D eigenvalue weighted by molar-refractivity contribution is 7.15. The van der Waals surface area contributed by atoms with Crippen LogP contribution in [0.4, 0.5) is 9.80 Å². The molecule has 30 heavy (non-hydrogen) atoms. The zero-order chi connectivity index (χ0) is 21.1. The molecule has 1 aliphatic rings. The number of hydrogen-bond donors (Lipinski definition) is 2. The van der Waals surface area contributed by atoms with Crippen molar-refractivity contribution >= 4 is 39.7 Å². The number of carbonyl (C=O) groups is 2. The van der Waals surface area contributed by atoms with Gasteiger partial charge in [0.15, 0.2) is 0 Å². The zero-order valence-electron chi connectivity index (χ0n) is 16.9. The number of methoxy groups -OCH3 is 1. The maximum atomic E-state index is 12.6. The van der Waals surface area contributed by atoms with E-state index in [9.17, 15) is 9.59 Å². The first-order valence-corrected chi connectivity index (χ1v) is 11.5. The Bertz CT molecular complexity index is 1040. The van der Waals surface area contributed by atoms with E-state index in [1.807, 2.05) is 24.5 Å². The van der Waals surface area contributed by atoms with Crippen LogP contribution in [0.15, 0.2) is 36.0 Å². The number of fused-ring (bicyclic) bond motifs is 1. The number of anilines is 1. The molecule has 9 heteroatoms. The van der Waals surface area contributed by atoms with Gasteiger partial charge in [-0.15, -0.1) is 22.7 Å². The third-order valence-corrected chi connectivity index (χ3v) is 7.34. The van der Waals surface area contributed by atoms with Crippen LogP contribution in [-0.2, 0) is 24.2 Å². The van der Waals surface area contributed by atoms with Crippen molar-refractivity contribution in [3.05, 3.63) is 57.5 Å². The summed E-state index contributed by atoms with van der Waals surface area (Å²) in [5.41, 5.74) is 2.87. The summed E-state index contributed by atoms with van der Waals surface area (Å²) < 4.78 is 6.88. The maximum absolute atomic E-state index is 12.6. The Labute approximate surface area is 183 Å². The highest BCUT2D eigenvalue weighted by Gasteiger charge is 2.25. The Morgan fingerprint density at radius 2 is 2.07 bits per heavy atom. The highest BCUT2D eigenvalue weighted by Crippen LogP contribution is 2.36. The Kier molecular flexibility index (Phi) is 6.21. The summed E-state index contributed by atoms with van der Waals surface area (Å²) in [6.45, 7) is 5.63. The smallest absolute Gasteiger partial charge is 0.340 e. The van der Waals surface area contributed by atoms with Crippen LogP contribution in [-0.4, -0.2) is 41.7 Å². The molecule has 4 rings (SSSR count). The molecule has 7 nitrogen and oxygen atoms in total. The quantitative estimate of drug-likeness (QED) is 0.562. The van der Waals surface area contributed by atoms with E-state index >= 15 is 0 Å². The summed E-state index contributed by atoms with van der Waals surface area (Å²) in [6.07, 6.45) is 5.05. The first kappa shape index (κ1) is 20.6. The Morgan fingerprint density at radius 3 is 2.80 bits per heavy atom. The largest absolute Gasteiger partial charge is 0.465 e. The van der Waals surface area contributed by atoms with Crippen LogP contribution in [0.2, 0.25) is 0 Å². The topological polar surface area (TPSA) is 75.6 Å². The number of urea groups is 1. The molecular formula is C21H24N4O3S2. The number of hydrogen-bond acceptors (Lipinski definition) is 6. The van der Waals surface area contributed by atoms with Crippen molar-refractivity contribution in [1.82, 2.24) is 14.8 Å². The minimum Gasteiger partial charge on any atom is -0.465 e. The van der Waals surface area contributed by atoms with Gasteiger partial charge in [0.25, 0.3) is 0 Å². The molecule has 0 aromatic carbocycles. The molecule has 0 bridgehead atoms. The molecule has 0 saturated carbocycles. The predicted molar refractivity (Wildman–Crippen MR) is 120 cm³/mol. The van der Waals surface area contributed by atoms with Crippen molar-refractivity contribution in [3.8, 4) is 5.00 Å². The van der Waals surface area contributed by atoms with E-state index in [1.54, 1.807) is 22.8 Å².